The van der Waals surface area contributed by atoms with E-state index < -0.39 is 18.0 Å². The van der Waals surface area contributed by atoms with Crippen LogP contribution in [-0.4, -0.2) is 53.4 Å². The van der Waals surface area contributed by atoms with Crippen molar-refractivity contribution in [1.82, 2.24) is 10.6 Å². The molecule has 0 saturated heterocycles. The summed E-state index contributed by atoms with van der Waals surface area (Å²) in [5.74, 6) is -1.38. The minimum absolute atomic E-state index is 0.0437. The van der Waals surface area contributed by atoms with E-state index in [1.807, 2.05) is 27.0 Å². The van der Waals surface area contributed by atoms with Gasteiger partial charge < -0.3 is 15.5 Å². The van der Waals surface area contributed by atoms with Gasteiger partial charge in [-0.25, -0.2) is 0 Å². The lowest BCUT2D eigenvalue weighted by Crippen LogP contribution is -2.39. The van der Waals surface area contributed by atoms with Gasteiger partial charge in [0.1, 0.15) is 6.04 Å². The van der Waals surface area contributed by atoms with Gasteiger partial charge in [-0.05, 0) is 26.1 Å². The Kier molecular flexibility index (Phi) is 13.2. The fourth-order valence-corrected chi connectivity index (χ4v) is 1.45. The summed E-state index contributed by atoms with van der Waals surface area (Å²) >= 11 is 1.59. The largest absolute Gasteiger partial charge is 0.480 e. The number of hydrogen-bond acceptors (Lipinski definition) is 5. The molecule has 0 aromatic heterocycles. The fraction of sp³-hybridized carbons (Fsp3) is 0.833. The van der Waals surface area contributed by atoms with Gasteiger partial charge in [0, 0.05) is 0 Å². The molecule has 0 aromatic carbocycles. The summed E-state index contributed by atoms with van der Waals surface area (Å²) in [4.78, 5) is 20.4. The van der Waals surface area contributed by atoms with Gasteiger partial charge in [0.05, 0.1) is 11.9 Å². The standard InChI is InChI=1S/C7H15NO2.C5H11NO2S/c1-4-5(2)6(8-3)7(9)10;1-4(9-2)6-3-5(7)8/h5-6,8H,4H2,1-3H3,(H,9,10);4,6H,3H2,1-2H3,(H,7,8). The zero-order valence-electron chi connectivity index (χ0n) is 12.3. The molecule has 0 heterocycles. The molecular weight excluding hydrogens is 268 g/mol. The van der Waals surface area contributed by atoms with Crippen molar-refractivity contribution in [2.75, 3.05) is 19.8 Å². The predicted molar refractivity (Wildman–Crippen MR) is 78.6 cm³/mol. The number of thioether (sulfide) groups is 1. The first-order chi connectivity index (χ1) is 8.79. The summed E-state index contributed by atoms with van der Waals surface area (Å²) in [6, 6.07) is -0.398. The molecule has 0 radical (unpaired) electrons. The van der Waals surface area contributed by atoms with Gasteiger partial charge in [0.2, 0.25) is 0 Å². The zero-order valence-corrected chi connectivity index (χ0v) is 13.1. The number of hydrogen-bond donors (Lipinski definition) is 4. The first-order valence-electron chi connectivity index (χ1n) is 6.18. The molecule has 6 nitrogen and oxygen atoms in total. The second-order valence-corrected chi connectivity index (χ2v) is 5.32. The molecule has 0 aliphatic heterocycles. The van der Waals surface area contributed by atoms with Crippen molar-refractivity contribution in [2.45, 2.75) is 38.6 Å². The van der Waals surface area contributed by atoms with Crippen LogP contribution in [0.15, 0.2) is 0 Å². The van der Waals surface area contributed by atoms with Crippen molar-refractivity contribution < 1.29 is 19.8 Å². The summed E-state index contributed by atoms with van der Waals surface area (Å²) in [6.07, 6.45) is 2.82. The third-order valence-corrected chi connectivity index (χ3v) is 3.56. The Bertz CT molecular complexity index is 264. The highest BCUT2D eigenvalue weighted by Gasteiger charge is 2.20. The van der Waals surface area contributed by atoms with E-state index in [0.29, 0.717) is 0 Å². The van der Waals surface area contributed by atoms with Gasteiger partial charge in [-0.1, -0.05) is 20.3 Å². The fourth-order valence-electron chi connectivity index (χ4n) is 1.20. The Hall–Kier alpha value is -0.790. The van der Waals surface area contributed by atoms with Gasteiger partial charge in [-0.15, -0.1) is 11.8 Å². The van der Waals surface area contributed by atoms with E-state index in [-0.39, 0.29) is 17.8 Å². The van der Waals surface area contributed by atoms with E-state index in [1.54, 1.807) is 18.8 Å². The quantitative estimate of drug-likeness (QED) is 0.497. The minimum atomic E-state index is -0.809. The lowest BCUT2D eigenvalue weighted by Gasteiger charge is -2.16. The zero-order chi connectivity index (χ0) is 15.4. The molecule has 0 amide bonds. The van der Waals surface area contributed by atoms with Crippen molar-refractivity contribution >= 4 is 23.7 Å². The van der Waals surface area contributed by atoms with Gasteiger partial charge in [-0.3, -0.25) is 14.9 Å². The van der Waals surface area contributed by atoms with Crippen LogP contribution in [0.1, 0.15) is 27.2 Å². The summed E-state index contributed by atoms with van der Waals surface area (Å²) in [5.41, 5.74) is 0. The molecule has 0 fully saturated rings. The highest BCUT2D eigenvalue weighted by Crippen LogP contribution is 2.06. The van der Waals surface area contributed by atoms with Crippen LogP contribution in [-0.2, 0) is 9.59 Å². The van der Waals surface area contributed by atoms with E-state index >= 15 is 0 Å². The first kappa shape index (κ1) is 20.5. The van der Waals surface area contributed by atoms with Crippen molar-refractivity contribution in [3.05, 3.63) is 0 Å². The van der Waals surface area contributed by atoms with Crippen molar-refractivity contribution in [3.63, 3.8) is 0 Å². The molecule has 0 rings (SSSR count). The van der Waals surface area contributed by atoms with Crippen LogP contribution >= 0.6 is 11.8 Å². The number of carboxylic acid groups (broad SMARTS) is 2. The number of aliphatic carboxylic acids is 2. The number of carbonyl (C=O) groups is 2. The SMILES string of the molecule is CCC(C)C(NC)C(=O)O.CSC(C)NCC(=O)O. The Morgan fingerprint density at radius 1 is 1.26 bits per heavy atom. The smallest absolute Gasteiger partial charge is 0.320 e. The number of rotatable bonds is 8. The van der Waals surface area contributed by atoms with Gasteiger partial charge in [0.15, 0.2) is 0 Å². The molecule has 0 aliphatic carbocycles. The highest BCUT2D eigenvalue weighted by molar-refractivity contribution is 7.99. The van der Waals surface area contributed by atoms with E-state index in [9.17, 15) is 9.59 Å². The number of carboxylic acids is 2. The summed E-state index contributed by atoms with van der Waals surface area (Å²) < 4.78 is 0. The van der Waals surface area contributed by atoms with Crippen LogP contribution < -0.4 is 10.6 Å². The molecule has 0 bridgehead atoms. The Balaban J connectivity index is 0. The molecule has 7 heteroatoms. The van der Waals surface area contributed by atoms with E-state index in [4.69, 9.17) is 10.2 Å². The normalized spacial score (nSPS) is 14.8. The number of likely N-dealkylation sites (N-methyl/N-ethyl adjacent to an activating group) is 1. The van der Waals surface area contributed by atoms with Gasteiger partial charge in [-0.2, -0.15) is 0 Å². The first-order valence-corrected chi connectivity index (χ1v) is 7.46. The maximum absolute atomic E-state index is 10.5. The van der Waals surface area contributed by atoms with Crippen LogP contribution in [0.25, 0.3) is 0 Å². The third-order valence-electron chi connectivity index (χ3n) is 2.68. The number of nitrogens with one attached hydrogen (secondary N) is 2. The van der Waals surface area contributed by atoms with Crippen molar-refractivity contribution in [3.8, 4) is 0 Å². The lowest BCUT2D eigenvalue weighted by molar-refractivity contribution is -0.140. The average Bonchev–Trinajstić information content (AvgIpc) is 2.36. The molecule has 0 aromatic rings. The van der Waals surface area contributed by atoms with Crippen LogP contribution in [0.4, 0.5) is 0 Å². The third kappa shape index (κ3) is 12.0. The summed E-state index contributed by atoms with van der Waals surface area (Å²) in [6.45, 7) is 5.88. The summed E-state index contributed by atoms with van der Waals surface area (Å²) in [7, 11) is 1.67. The Morgan fingerprint density at radius 3 is 2.00 bits per heavy atom. The van der Waals surface area contributed by atoms with Crippen molar-refractivity contribution in [2.24, 2.45) is 5.92 Å². The molecule has 0 saturated carbocycles. The molecule has 19 heavy (non-hydrogen) atoms. The second-order valence-electron chi connectivity index (χ2n) is 4.14. The minimum Gasteiger partial charge on any atom is -0.480 e. The van der Waals surface area contributed by atoms with Crippen LogP contribution in [0.3, 0.4) is 0 Å². The Morgan fingerprint density at radius 2 is 1.79 bits per heavy atom. The molecule has 114 valence electrons. The van der Waals surface area contributed by atoms with Crippen molar-refractivity contribution in [1.29, 1.82) is 0 Å². The molecule has 3 atom stereocenters. The van der Waals surface area contributed by atoms with Crippen LogP contribution in [0.5, 0.6) is 0 Å². The molecule has 0 aliphatic rings. The van der Waals surface area contributed by atoms with E-state index in [2.05, 4.69) is 10.6 Å². The highest BCUT2D eigenvalue weighted by atomic mass is 32.2. The predicted octanol–water partition coefficient (Wildman–Crippen LogP) is 1.07. The average molecular weight is 294 g/mol. The lowest BCUT2D eigenvalue weighted by atomic mass is 10.00. The maximum atomic E-state index is 10.5. The van der Waals surface area contributed by atoms with Gasteiger partial charge >= 0.3 is 11.9 Å². The second kappa shape index (κ2) is 12.3. The van der Waals surface area contributed by atoms with Crippen LogP contribution in [0.2, 0.25) is 0 Å². The Labute approximate surface area is 119 Å². The molecule has 4 N–H and O–H groups in total. The van der Waals surface area contributed by atoms with E-state index in [0.717, 1.165) is 6.42 Å². The van der Waals surface area contributed by atoms with E-state index in [1.165, 1.54) is 0 Å². The summed E-state index contributed by atoms with van der Waals surface area (Å²) in [5, 5.41) is 22.6. The molecular formula is C12H26N2O4S. The maximum Gasteiger partial charge on any atom is 0.320 e. The topological polar surface area (TPSA) is 98.7 Å². The van der Waals surface area contributed by atoms with Crippen LogP contribution in [0, 0.1) is 5.92 Å². The van der Waals surface area contributed by atoms with Gasteiger partial charge in [0.25, 0.3) is 0 Å². The molecule has 3 unspecified atom stereocenters. The molecule has 0 spiro atoms. The monoisotopic (exact) mass is 294 g/mol.